The Morgan fingerprint density at radius 1 is 1.57 bits per heavy atom. The zero-order chi connectivity index (χ0) is 5.71. The summed E-state index contributed by atoms with van der Waals surface area (Å²) in [5, 5.41) is 8.12. The predicted octanol–water partition coefficient (Wildman–Crippen LogP) is 0.776. The molecule has 0 aromatic heterocycles. The highest BCUT2D eigenvalue weighted by Gasteiger charge is 2.67. The van der Waals surface area contributed by atoms with Crippen LogP contribution >= 0.6 is 0 Å². The summed E-state index contributed by atoms with van der Waals surface area (Å²) in [4.78, 5) is 0. The molecule has 0 aromatic carbocycles. The van der Waals surface area contributed by atoms with Crippen molar-refractivity contribution in [3.63, 3.8) is 0 Å². The first-order valence-corrected chi connectivity index (χ1v) is 2.06. The molecule has 7 heavy (non-hydrogen) atoms. The van der Waals surface area contributed by atoms with Crippen LogP contribution in [-0.4, -0.2) is 16.6 Å². The van der Waals surface area contributed by atoms with Crippen molar-refractivity contribution in [3.8, 4) is 0 Å². The maximum atomic E-state index is 12.0. The number of aliphatic hydroxyl groups is 1. The van der Waals surface area contributed by atoms with E-state index < -0.39 is 11.5 Å². The molecule has 0 radical (unpaired) electrons. The molecule has 42 valence electrons. The highest BCUT2D eigenvalue weighted by Crippen LogP contribution is 2.51. The van der Waals surface area contributed by atoms with Gasteiger partial charge < -0.3 is 5.11 Å². The summed E-state index contributed by atoms with van der Waals surface area (Å²) < 4.78 is 23.7. The van der Waals surface area contributed by atoms with Crippen LogP contribution in [0, 0.1) is 0 Å². The Morgan fingerprint density at radius 2 is 1.71 bits per heavy atom. The maximum absolute atomic E-state index is 12.0. The zero-order valence-corrected chi connectivity index (χ0v) is 3.91. The molecular formula is C4H6F2O. The topological polar surface area (TPSA) is 20.2 Å². The van der Waals surface area contributed by atoms with Gasteiger partial charge in [0.15, 0.2) is 5.67 Å². The lowest BCUT2D eigenvalue weighted by atomic mass is 10.4. The summed E-state index contributed by atoms with van der Waals surface area (Å²) in [7, 11) is 0. The zero-order valence-electron chi connectivity index (χ0n) is 3.91. The van der Waals surface area contributed by atoms with Crippen LogP contribution < -0.4 is 0 Å². The van der Waals surface area contributed by atoms with Crippen molar-refractivity contribution in [1.82, 2.24) is 0 Å². The van der Waals surface area contributed by atoms with Crippen LogP contribution in [0.25, 0.3) is 0 Å². The van der Waals surface area contributed by atoms with Gasteiger partial charge in [-0.05, 0) is 6.92 Å². The van der Waals surface area contributed by atoms with Crippen LogP contribution in [0.4, 0.5) is 8.78 Å². The van der Waals surface area contributed by atoms with E-state index in [9.17, 15) is 8.78 Å². The largest absolute Gasteiger partial charge is 0.359 e. The number of rotatable bonds is 0. The minimum Gasteiger partial charge on any atom is -0.359 e. The second-order valence-electron chi connectivity index (χ2n) is 2.13. The Labute approximate surface area is 40.0 Å². The molecule has 0 amide bonds. The highest BCUT2D eigenvalue weighted by atomic mass is 19.2. The summed E-state index contributed by atoms with van der Waals surface area (Å²) in [6.45, 7) is 1.03. The normalized spacial score (nSPS) is 60.0. The molecule has 1 saturated carbocycles. The van der Waals surface area contributed by atoms with Crippen molar-refractivity contribution < 1.29 is 13.9 Å². The molecule has 1 aliphatic rings. The van der Waals surface area contributed by atoms with E-state index in [0.717, 1.165) is 6.92 Å². The van der Waals surface area contributed by atoms with Gasteiger partial charge in [-0.25, -0.2) is 8.78 Å². The molecule has 0 spiro atoms. The van der Waals surface area contributed by atoms with Crippen LogP contribution in [0.15, 0.2) is 0 Å². The van der Waals surface area contributed by atoms with Crippen molar-refractivity contribution >= 4 is 0 Å². The summed E-state index contributed by atoms with van der Waals surface area (Å²) in [6, 6.07) is 0. The molecule has 1 aliphatic carbocycles. The van der Waals surface area contributed by atoms with Gasteiger partial charge in [0.1, 0.15) is 0 Å². The highest BCUT2D eigenvalue weighted by molar-refractivity contribution is 5.08. The predicted molar refractivity (Wildman–Crippen MR) is 20.2 cm³/mol. The molecule has 2 unspecified atom stereocenters. The second kappa shape index (κ2) is 0.823. The lowest BCUT2D eigenvalue weighted by Gasteiger charge is -1.95. The minimum absolute atomic E-state index is 0.375. The van der Waals surface area contributed by atoms with Crippen molar-refractivity contribution in [1.29, 1.82) is 0 Å². The molecule has 1 nitrogen and oxygen atoms in total. The van der Waals surface area contributed by atoms with Gasteiger partial charge in [-0.2, -0.15) is 0 Å². The van der Waals surface area contributed by atoms with Gasteiger partial charge >= 0.3 is 0 Å². The average Bonchev–Trinajstić information content (AvgIpc) is 1.63. The van der Waals surface area contributed by atoms with E-state index in [1.165, 1.54) is 0 Å². The summed E-state index contributed by atoms with van der Waals surface area (Å²) in [5.74, 6) is -2.52. The molecule has 0 heterocycles. The first-order valence-electron chi connectivity index (χ1n) is 2.06. The number of hydrogen-bond acceptors (Lipinski definition) is 1. The Bertz CT molecular complexity index is 85.9. The van der Waals surface area contributed by atoms with Gasteiger partial charge in [-0.1, -0.05) is 0 Å². The standard InChI is InChI=1S/C4H6F2O/c1-3(5)2-4(3,6)7/h7H,2H2,1H3. The lowest BCUT2D eigenvalue weighted by Crippen LogP contribution is -2.10. The van der Waals surface area contributed by atoms with Crippen LogP contribution in [0.5, 0.6) is 0 Å². The Morgan fingerprint density at radius 3 is 1.71 bits per heavy atom. The molecule has 3 heteroatoms. The summed E-state index contributed by atoms with van der Waals surface area (Å²) in [5.41, 5.74) is -1.97. The minimum atomic E-state index is -2.52. The van der Waals surface area contributed by atoms with Crippen molar-refractivity contribution in [2.45, 2.75) is 24.9 Å². The summed E-state index contributed by atoms with van der Waals surface area (Å²) in [6.07, 6.45) is -0.375. The summed E-state index contributed by atoms with van der Waals surface area (Å²) >= 11 is 0. The average molecular weight is 108 g/mol. The van der Waals surface area contributed by atoms with E-state index in [0.29, 0.717) is 0 Å². The number of halogens is 2. The smallest absolute Gasteiger partial charge is 0.244 e. The number of alkyl halides is 2. The second-order valence-corrected chi connectivity index (χ2v) is 2.13. The van der Waals surface area contributed by atoms with Crippen LogP contribution in [-0.2, 0) is 0 Å². The fraction of sp³-hybridized carbons (Fsp3) is 1.00. The fourth-order valence-electron chi connectivity index (χ4n) is 0.396. The SMILES string of the molecule is CC1(F)CC1(O)F. The van der Waals surface area contributed by atoms with E-state index in [1.807, 2.05) is 0 Å². The van der Waals surface area contributed by atoms with E-state index in [-0.39, 0.29) is 6.42 Å². The molecule has 1 N–H and O–H groups in total. The van der Waals surface area contributed by atoms with Crippen LogP contribution in [0.1, 0.15) is 13.3 Å². The third kappa shape index (κ3) is 0.517. The third-order valence-electron chi connectivity index (χ3n) is 1.24. The van der Waals surface area contributed by atoms with Crippen molar-refractivity contribution in [2.75, 3.05) is 0 Å². The van der Waals surface area contributed by atoms with Crippen molar-refractivity contribution in [3.05, 3.63) is 0 Å². The molecule has 0 aliphatic heterocycles. The van der Waals surface area contributed by atoms with Crippen molar-refractivity contribution in [2.24, 2.45) is 0 Å². The van der Waals surface area contributed by atoms with Gasteiger partial charge in [0.2, 0.25) is 5.85 Å². The van der Waals surface area contributed by atoms with Gasteiger partial charge in [-0.3, -0.25) is 0 Å². The molecule has 0 bridgehead atoms. The van der Waals surface area contributed by atoms with E-state index >= 15 is 0 Å². The molecule has 0 saturated heterocycles. The van der Waals surface area contributed by atoms with E-state index in [4.69, 9.17) is 5.11 Å². The fourth-order valence-corrected chi connectivity index (χ4v) is 0.396. The van der Waals surface area contributed by atoms with Gasteiger partial charge in [-0.15, -0.1) is 0 Å². The van der Waals surface area contributed by atoms with Gasteiger partial charge in [0.05, 0.1) is 0 Å². The van der Waals surface area contributed by atoms with Gasteiger partial charge in [0.25, 0.3) is 0 Å². The quantitative estimate of drug-likeness (QED) is 0.486. The van der Waals surface area contributed by atoms with Crippen LogP contribution in [0.2, 0.25) is 0 Å². The van der Waals surface area contributed by atoms with E-state index in [1.54, 1.807) is 0 Å². The first-order chi connectivity index (χ1) is 2.96. The lowest BCUT2D eigenvalue weighted by molar-refractivity contribution is -0.0341. The van der Waals surface area contributed by atoms with Gasteiger partial charge in [0, 0.05) is 6.42 Å². The molecule has 1 fully saturated rings. The number of hydrogen-bond donors (Lipinski definition) is 1. The first kappa shape index (κ1) is 4.97. The maximum Gasteiger partial charge on any atom is 0.244 e. The van der Waals surface area contributed by atoms with Crippen LogP contribution in [0.3, 0.4) is 0 Å². The Hall–Kier alpha value is -0.180. The molecular weight excluding hydrogens is 102 g/mol. The van der Waals surface area contributed by atoms with E-state index in [2.05, 4.69) is 0 Å². The Balaban J connectivity index is 2.59. The molecule has 0 aromatic rings. The monoisotopic (exact) mass is 108 g/mol. The molecule has 1 rings (SSSR count). The Kier molecular flexibility index (Phi) is 0.584. The molecule has 2 atom stereocenters. The third-order valence-corrected chi connectivity index (χ3v) is 1.24.